The summed E-state index contributed by atoms with van der Waals surface area (Å²) in [6.45, 7) is 3.41. The van der Waals surface area contributed by atoms with E-state index in [2.05, 4.69) is 13.0 Å². The second kappa shape index (κ2) is 3.81. The minimum atomic E-state index is -0.474. The number of rotatable bonds is 0. The van der Waals surface area contributed by atoms with Crippen LogP contribution in [0, 0.1) is 0 Å². The maximum atomic E-state index is 12.5. The van der Waals surface area contributed by atoms with Crippen LogP contribution in [0.25, 0.3) is 0 Å². The number of piperidine rings is 1. The first-order chi connectivity index (χ1) is 9.20. The highest BCUT2D eigenvalue weighted by Gasteiger charge is 2.52. The molecule has 1 aromatic carbocycles. The van der Waals surface area contributed by atoms with Crippen LogP contribution in [-0.4, -0.2) is 35.8 Å². The molecule has 0 saturated carbocycles. The molecule has 0 bridgehead atoms. The van der Waals surface area contributed by atoms with Crippen LogP contribution in [0.1, 0.15) is 41.7 Å². The normalized spacial score (nSPS) is 31.6. The number of nitrogens with zero attached hydrogens (tertiary/aromatic N) is 1. The van der Waals surface area contributed by atoms with Crippen LogP contribution < -0.4 is 0 Å². The predicted octanol–water partition coefficient (Wildman–Crippen LogP) is 2.11. The second-order valence-corrected chi connectivity index (χ2v) is 5.68. The molecule has 3 aliphatic heterocycles. The van der Waals surface area contributed by atoms with Crippen LogP contribution in [0.4, 0.5) is 0 Å². The van der Waals surface area contributed by atoms with Crippen molar-refractivity contribution in [1.29, 1.82) is 0 Å². The van der Waals surface area contributed by atoms with Crippen molar-refractivity contribution in [2.24, 2.45) is 0 Å². The Hall–Kier alpha value is -1.39. The van der Waals surface area contributed by atoms with Crippen molar-refractivity contribution >= 4 is 5.91 Å². The Morgan fingerprint density at radius 3 is 2.74 bits per heavy atom. The van der Waals surface area contributed by atoms with Gasteiger partial charge >= 0.3 is 0 Å². The first-order valence-electron chi connectivity index (χ1n) is 6.90. The Balaban J connectivity index is 1.77. The number of hydrogen-bond donors (Lipinski definition) is 0. The average Bonchev–Trinajstić information content (AvgIpc) is 2.95. The van der Waals surface area contributed by atoms with Crippen molar-refractivity contribution in [3.63, 3.8) is 0 Å². The van der Waals surface area contributed by atoms with Gasteiger partial charge in [-0.05, 0) is 18.6 Å². The molecule has 100 valence electrons. The van der Waals surface area contributed by atoms with Gasteiger partial charge < -0.3 is 14.4 Å². The maximum Gasteiger partial charge on any atom is 0.254 e. The molecule has 2 saturated heterocycles. The summed E-state index contributed by atoms with van der Waals surface area (Å²) in [6, 6.07) is 8.16. The van der Waals surface area contributed by atoms with Gasteiger partial charge in [0.1, 0.15) is 0 Å². The van der Waals surface area contributed by atoms with E-state index in [1.165, 1.54) is 0 Å². The minimum Gasteiger partial charge on any atom is -0.347 e. The molecule has 0 aliphatic carbocycles. The van der Waals surface area contributed by atoms with Gasteiger partial charge in [-0.2, -0.15) is 0 Å². The van der Waals surface area contributed by atoms with Gasteiger partial charge in [0.05, 0.1) is 19.3 Å². The van der Waals surface area contributed by atoms with Crippen LogP contribution in [0.5, 0.6) is 0 Å². The molecular weight excluding hydrogens is 242 g/mol. The summed E-state index contributed by atoms with van der Waals surface area (Å²) in [5, 5.41) is 0. The Kier molecular flexibility index (Phi) is 2.29. The van der Waals surface area contributed by atoms with E-state index in [-0.39, 0.29) is 18.0 Å². The van der Waals surface area contributed by atoms with E-state index in [0.29, 0.717) is 13.2 Å². The molecule has 1 spiro atoms. The molecule has 0 radical (unpaired) electrons. The molecule has 4 heteroatoms. The fraction of sp³-hybridized carbons (Fsp3) is 0.533. The number of benzene rings is 1. The standard InChI is InChI=1S/C15H17NO3/c1-10-8-15(18-6-7-19-15)9-13-11-4-2-3-5-12(11)14(17)16(10)13/h2-5,10,13H,6-9H2,1H3/t10-,13+/m0/s1. The van der Waals surface area contributed by atoms with Gasteiger partial charge in [0.25, 0.3) is 5.91 Å². The van der Waals surface area contributed by atoms with Crippen molar-refractivity contribution in [2.75, 3.05) is 13.2 Å². The number of hydrogen-bond acceptors (Lipinski definition) is 3. The Morgan fingerprint density at radius 1 is 1.21 bits per heavy atom. The molecule has 0 aromatic heterocycles. The summed E-state index contributed by atoms with van der Waals surface area (Å²) in [4.78, 5) is 14.5. The van der Waals surface area contributed by atoms with Crippen LogP contribution in [0.2, 0.25) is 0 Å². The molecule has 0 unspecified atom stereocenters. The number of amides is 1. The van der Waals surface area contributed by atoms with E-state index < -0.39 is 5.79 Å². The third kappa shape index (κ3) is 1.50. The maximum absolute atomic E-state index is 12.5. The summed E-state index contributed by atoms with van der Waals surface area (Å²) >= 11 is 0. The molecule has 4 nitrogen and oxygen atoms in total. The zero-order valence-corrected chi connectivity index (χ0v) is 11.0. The monoisotopic (exact) mass is 259 g/mol. The highest BCUT2D eigenvalue weighted by atomic mass is 16.7. The fourth-order valence-electron chi connectivity index (χ4n) is 3.79. The zero-order chi connectivity index (χ0) is 13.0. The van der Waals surface area contributed by atoms with E-state index in [1.807, 2.05) is 23.1 Å². The van der Waals surface area contributed by atoms with Crippen LogP contribution >= 0.6 is 0 Å². The molecule has 3 aliphatic rings. The van der Waals surface area contributed by atoms with Crippen molar-refractivity contribution < 1.29 is 14.3 Å². The Bertz CT molecular complexity index is 536. The summed E-state index contributed by atoms with van der Waals surface area (Å²) < 4.78 is 11.7. The third-order valence-electron chi connectivity index (χ3n) is 4.52. The van der Waals surface area contributed by atoms with Crippen molar-refractivity contribution in [3.05, 3.63) is 35.4 Å². The predicted molar refractivity (Wildman–Crippen MR) is 68.7 cm³/mol. The Labute approximate surface area is 112 Å². The average molecular weight is 259 g/mol. The van der Waals surface area contributed by atoms with Gasteiger partial charge in [0.2, 0.25) is 0 Å². The van der Waals surface area contributed by atoms with Crippen molar-refractivity contribution in [2.45, 2.75) is 37.6 Å². The van der Waals surface area contributed by atoms with Gasteiger partial charge in [-0.3, -0.25) is 4.79 Å². The molecule has 1 aromatic rings. The van der Waals surface area contributed by atoms with Gasteiger partial charge in [-0.25, -0.2) is 0 Å². The highest BCUT2D eigenvalue weighted by molar-refractivity contribution is 5.99. The fourth-order valence-corrected chi connectivity index (χ4v) is 3.79. The summed E-state index contributed by atoms with van der Waals surface area (Å²) in [5.41, 5.74) is 1.96. The number of fused-ring (bicyclic) bond motifs is 3. The lowest BCUT2D eigenvalue weighted by Crippen LogP contribution is -2.50. The summed E-state index contributed by atoms with van der Waals surface area (Å²) in [5.74, 6) is -0.320. The Morgan fingerprint density at radius 2 is 1.95 bits per heavy atom. The lowest BCUT2D eigenvalue weighted by molar-refractivity contribution is -0.201. The van der Waals surface area contributed by atoms with Crippen molar-refractivity contribution in [1.82, 2.24) is 4.90 Å². The number of ether oxygens (including phenoxy) is 2. The van der Waals surface area contributed by atoms with Crippen LogP contribution in [0.15, 0.2) is 24.3 Å². The summed E-state index contributed by atoms with van der Waals surface area (Å²) in [6.07, 6.45) is 1.52. The van der Waals surface area contributed by atoms with E-state index in [9.17, 15) is 4.79 Å². The van der Waals surface area contributed by atoms with Gasteiger partial charge in [-0.1, -0.05) is 18.2 Å². The highest BCUT2D eigenvalue weighted by Crippen LogP contribution is 2.48. The zero-order valence-electron chi connectivity index (χ0n) is 11.0. The van der Waals surface area contributed by atoms with Gasteiger partial charge in [0, 0.05) is 24.4 Å². The molecule has 2 atom stereocenters. The smallest absolute Gasteiger partial charge is 0.254 e. The second-order valence-electron chi connectivity index (χ2n) is 5.68. The summed E-state index contributed by atoms with van der Waals surface area (Å²) in [7, 11) is 0. The molecule has 1 amide bonds. The van der Waals surface area contributed by atoms with E-state index in [1.54, 1.807) is 0 Å². The quantitative estimate of drug-likeness (QED) is 0.716. The van der Waals surface area contributed by atoms with Crippen LogP contribution in [0.3, 0.4) is 0 Å². The largest absolute Gasteiger partial charge is 0.347 e. The molecule has 2 fully saturated rings. The molecular formula is C15H17NO3. The van der Waals surface area contributed by atoms with Gasteiger partial charge in [0.15, 0.2) is 5.79 Å². The SMILES string of the molecule is C[C@H]1CC2(C[C@@H]3c4ccccc4C(=O)N31)OCCO2. The van der Waals surface area contributed by atoms with E-state index in [0.717, 1.165) is 24.0 Å². The lowest BCUT2D eigenvalue weighted by atomic mass is 9.89. The topological polar surface area (TPSA) is 38.8 Å². The molecule has 4 rings (SSSR count). The minimum absolute atomic E-state index is 0.102. The van der Waals surface area contributed by atoms with Gasteiger partial charge in [-0.15, -0.1) is 0 Å². The van der Waals surface area contributed by atoms with E-state index in [4.69, 9.17) is 9.47 Å². The lowest BCUT2D eigenvalue weighted by Gasteiger charge is -2.44. The molecule has 3 heterocycles. The third-order valence-corrected chi connectivity index (χ3v) is 4.52. The number of carbonyl (C=O) groups is 1. The molecule has 19 heavy (non-hydrogen) atoms. The first-order valence-corrected chi connectivity index (χ1v) is 6.90. The van der Waals surface area contributed by atoms with Crippen LogP contribution in [-0.2, 0) is 9.47 Å². The number of carbonyl (C=O) groups excluding carboxylic acids is 1. The van der Waals surface area contributed by atoms with Crippen molar-refractivity contribution in [3.8, 4) is 0 Å². The molecule has 0 N–H and O–H groups in total. The first kappa shape index (κ1) is 11.4. The van der Waals surface area contributed by atoms with E-state index >= 15 is 0 Å².